The van der Waals surface area contributed by atoms with Gasteiger partial charge in [-0.15, -0.1) is 0 Å². The maximum absolute atomic E-state index is 11.5. The highest BCUT2D eigenvalue weighted by atomic mass is 35.5. The van der Waals surface area contributed by atoms with Crippen molar-refractivity contribution in [1.29, 1.82) is 0 Å². The molecule has 1 N–H and O–H groups in total. The van der Waals surface area contributed by atoms with E-state index in [1.165, 1.54) is 0 Å². The van der Waals surface area contributed by atoms with Crippen molar-refractivity contribution in [2.75, 3.05) is 20.1 Å². The number of nitro benzene ring substituents is 1. The van der Waals surface area contributed by atoms with Crippen molar-refractivity contribution in [3.63, 3.8) is 0 Å². The lowest BCUT2D eigenvalue weighted by Gasteiger charge is -2.29. The largest absolute Gasteiger partial charge is 0.449 e. The lowest BCUT2D eigenvalue weighted by molar-refractivity contribution is -0.385. The van der Waals surface area contributed by atoms with Gasteiger partial charge in [0.2, 0.25) is 5.75 Å². The summed E-state index contributed by atoms with van der Waals surface area (Å²) in [5.41, 5.74) is 0.801. The van der Waals surface area contributed by atoms with Crippen LogP contribution < -0.4 is 10.1 Å². The molecular formula is C19H22ClN3O3. The van der Waals surface area contributed by atoms with Crippen LogP contribution in [0.5, 0.6) is 11.5 Å². The second kappa shape index (κ2) is 8.49. The van der Waals surface area contributed by atoms with Crippen LogP contribution in [-0.4, -0.2) is 36.0 Å². The minimum absolute atomic E-state index is 0.0624. The molecule has 0 bridgehead atoms. The zero-order valence-electron chi connectivity index (χ0n) is 14.7. The highest BCUT2D eigenvalue weighted by Gasteiger charge is 2.19. The summed E-state index contributed by atoms with van der Waals surface area (Å²) in [6.45, 7) is 2.74. The summed E-state index contributed by atoms with van der Waals surface area (Å²) in [6, 6.07) is 12.4. The van der Waals surface area contributed by atoms with Crippen LogP contribution in [0.3, 0.4) is 0 Å². The number of likely N-dealkylation sites (tertiary alicyclic amines) is 1. The highest BCUT2D eigenvalue weighted by molar-refractivity contribution is 6.32. The molecule has 26 heavy (non-hydrogen) atoms. The van der Waals surface area contributed by atoms with Gasteiger partial charge in [-0.3, -0.25) is 10.1 Å². The summed E-state index contributed by atoms with van der Waals surface area (Å²) in [7, 11) is 2.12. The average molecular weight is 376 g/mol. The van der Waals surface area contributed by atoms with Gasteiger partial charge in [-0.05, 0) is 56.7 Å². The van der Waals surface area contributed by atoms with Crippen LogP contribution in [0.15, 0.2) is 42.5 Å². The smallest absolute Gasteiger partial charge is 0.311 e. The molecule has 0 amide bonds. The van der Waals surface area contributed by atoms with E-state index in [0.29, 0.717) is 23.4 Å². The molecule has 6 nitrogen and oxygen atoms in total. The number of piperidine rings is 1. The van der Waals surface area contributed by atoms with Crippen LogP contribution in [0.1, 0.15) is 18.4 Å². The summed E-state index contributed by atoms with van der Waals surface area (Å²) in [6.07, 6.45) is 2.18. The monoisotopic (exact) mass is 375 g/mol. The van der Waals surface area contributed by atoms with E-state index >= 15 is 0 Å². The van der Waals surface area contributed by atoms with E-state index in [-0.39, 0.29) is 11.4 Å². The van der Waals surface area contributed by atoms with Crippen molar-refractivity contribution in [3.05, 3.63) is 63.2 Å². The van der Waals surface area contributed by atoms with Gasteiger partial charge in [0.1, 0.15) is 5.75 Å². The number of halogens is 1. The Kier molecular flexibility index (Phi) is 6.08. The SMILES string of the molecule is CN1CCC(NCc2ccc(Oc3ccccc3Cl)c([N+](=O)[O-])c2)CC1. The van der Waals surface area contributed by atoms with Gasteiger partial charge in [0.25, 0.3) is 0 Å². The number of nitrogens with zero attached hydrogens (tertiary/aromatic N) is 2. The first-order valence-electron chi connectivity index (χ1n) is 8.64. The standard InChI is InChI=1S/C19H22ClN3O3/c1-22-10-8-15(9-11-22)21-13-14-6-7-19(17(12-14)23(24)25)26-18-5-3-2-4-16(18)20/h2-7,12,15,21H,8-11,13H2,1H3. The van der Waals surface area contributed by atoms with Gasteiger partial charge in [-0.2, -0.15) is 0 Å². The molecule has 2 aromatic rings. The van der Waals surface area contributed by atoms with E-state index in [2.05, 4.69) is 17.3 Å². The number of hydrogen-bond donors (Lipinski definition) is 1. The molecule has 2 aromatic carbocycles. The molecule has 0 spiro atoms. The number of nitrogens with one attached hydrogen (secondary N) is 1. The first kappa shape index (κ1) is 18.6. The van der Waals surface area contributed by atoms with Crippen molar-refractivity contribution in [2.45, 2.75) is 25.4 Å². The van der Waals surface area contributed by atoms with Crippen LogP contribution in [-0.2, 0) is 6.54 Å². The Morgan fingerprint density at radius 3 is 2.65 bits per heavy atom. The third-order valence-corrected chi connectivity index (χ3v) is 4.90. The van der Waals surface area contributed by atoms with Crippen molar-refractivity contribution in [2.24, 2.45) is 0 Å². The number of ether oxygens (including phenoxy) is 1. The van der Waals surface area contributed by atoms with Crippen LogP contribution >= 0.6 is 11.6 Å². The summed E-state index contributed by atoms with van der Waals surface area (Å²) in [5.74, 6) is 0.584. The summed E-state index contributed by atoms with van der Waals surface area (Å²) >= 11 is 6.08. The first-order chi connectivity index (χ1) is 12.5. The molecule has 0 saturated carbocycles. The van der Waals surface area contributed by atoms with Crippen LogP contribution in [0.4, 0.5) is 5.69 Å². The Bertz CT molecular complexity index is 776. The molecule has 138 valence electrons. The van der Waals surface area contributed by atoms with Crippen LogP contribution in [0, 0.1) is 10.1 Å². The van der Waals surface area contributed by atoms with Gasteiger partial charge < -0.3 is 15.0 Å². The predicted molar refractivity (Wildman–Crippen MR) is 102 cm³/mol. The maximum atomic E-state index is 11.5. The van der Waals surface area contributed by atoms with E-state index in [4.69, 9.17) is 16.3 Å². The van der Waals surface area contributed by atoms with Crippen molar-refractivity contribution in [1.82, 2.24) is 10.2 Å². The molecule has 3 rings (SSSR count). The molecule has 1 saturated heterocycles. The second-order valence-electron chi connectivity index (χ2n) is 6.55. The second-order valence-corrected chi connectivity index (χ2v) is 6.96. The van der Waals surface area contributed by atoms with Crippen molar-refractivity contribution < 1.29 is 9.66 Å². The molecule has 0 atom stereocenters. The Morgan fingerprint density at radius 2 is 1.96 bits per heavy atom. The molecular weight excluding hydrogens is 354 g/mol. The number of hydrogen-bond acceptors (Lipinski definition) is 5. The third-order valence-electron chi connectivity index (χ3n) is 4.59. The molecule has 1 heterocycles. The molecule has 1 aliphatic rings. The zero-order chi connectivity index (χ0) is 18.5. The Hall–Kier alpha value is -2.15. The van der Waals surface area contributed by atoms with Crippen molar-refractivity contribution >= 4 is 17.3 Å². The normalized spacial score (nSPS) is 15.8. The first-order valence-corrected chi connectivity index (χ1v) is 9.02. The Labute approximate surface area is 157 Å². The average Bonchev–Trinajstić information content (AvgIpc) is 2.64. The third kappa shape index (κ3) is 4.72. The molecule has 0 unspecified atom stereocenters. The lowest BCUT2D eigenvalue weighted by Crippen LogP contribution is -2.40. The van der Waals surface area contributed by atoms with E-state index in [1.807, 2.05) is 6.07 Å². The quantitative estimate of drug-likeness (QED) is 0.604. The van der Waals surface area contributed by atoms with Gasteiger partial charge in [-0.1, -0.05) is 29.8 Å². The lowest BCUT2D eigenvalue weighted by atomic mass is 10.0. The van der Waals surface area contributed by atoms with Crippen LogP contribution in [0.25, 0.3) is 0 Å². The fraction of sp³-hybridized carbons (Fsp3) is 0.368. The molecule has 7 heteroatoms. The predicted octanol–water partition coefficient (Wildman–Crippen LogP) is 4.22. The minimum atomic E-state index is -0.425. The molecule has 0 radical (unpaired) electrons. The Balaban J connectivity index is 1.70. The number of benzene rings is 2. The van der Waals surface area contributed by atoms with Gasteiger partial charge in [0.05, 0.1) is 9.95 Å². The van der Waals surface area contributed by atoms with E-state index in [1.54, 1.807) is 36.4 Å². The topological polar surface area (TPSA) is 67.6 Å². The number of rotatable bonds is 6. The molecule has 0 aromatic heterocycles. The van der Waals surface area contributed by atoms with E-state index in [0.717, 1.165) is 31.5 Å². The summed E-state index contributed by atoms with van der Waals surface area (Å²) in [4.78, 5) is 13.3. The summed E-state index contributed by atoms with van der Waals surface area (Å²) in [5, 5.41) is 15.4. The van der Waals surface area contributed by atoms with Crippen LogP contribution in [0.2, 0.25) is 5.02 Å². The number of nitro groups is 1. The van der Waals surface area contributed by atoms with E-state index in [9.17, 15) is 10.1 Å². The van der Waals surface area contributed by atoms with Gasteiger partial charge in [0.15, 0.2) is 0 Å². The van der Waals surface area contributed by atoms with Gasteiger partial charge in [0, 0.05) is 18.7 Å². The maximum Gasteiger partial charge on any atom is 0.311 e. The zero-order valence-corrected chi connectivity index (χ0v) is 15.4. The fourth-order valence-electron chi connectivity index (χ4n) is 3.02. The fourth-order valence-corrected chi connectivity index (χ4v) is 3.20. The highest BCUT2D eigenvalue weighted by Crippen LogP contribution is 2.35. The molecule has 0 aliphatic carbocycles. The molecule has 1 aliphatic heterocycles. The summed E-state index contributed by atoms with van der Waals surface area (Å²) < 4.78 is 5.66. The van der Waals surface area contributed by atoms with Gasteiger partial charge in [-0.25, -0.2) is 0 Å². The minimum Gasteiger partial charge on any atom is -0.449 e. The van der Waals surface area contributed by atoms with Gasteiger partial charge >= 0.3 is 5.69 Å². The molecule has 1 fully saturated rings. The Morgan fingerprint density at radius 1 is 1.23 bits per heavy atom. The van der Waals surface area contributed by atoms with E-state index < -0.39 is 4.92 Å². The number of para-hydroxylation sites is 1. The van der Waals surface area contributed by atoms with Crippen molar-refractivity contribution in [3.8, 4) is 11.5 Å².